The van der Waals surface area contributed by atoms with E-state index in [4.69, 9.17) is 11.6 Å². The molecule has 1 amide bonds. The molecule has 1 saturated heterocycles. The molecule has 1 aromatic heterocycles. The summed E-state index contributed by atoms with van der Waals surface area (Å²) in [5.74, 6) is 0.105. The summed E-state index contributed by atoms with van der Waals surface area (Å²) in [6.45, 7) is 5.80. The number of carbonyl (C=O) groups is 1. The summed E-state index contributed by atoms with van der Waals surface area (Å²) in [6.07, 6.45) is 2.87. The Hall–Kier alpha value is -2.34. The molecule has 152 valence electrons. The van der Waals surface area contributed by atoms with Crippen molar-refractivity contribution in [3.63, 3.8) is 0 Å². The molecule has 2 aromatic carbocycles. The first-order chi connectivity index (χ1) is 14.2. The average molecular weight is 411 g/mol. The molecule has 0 aliphatic carbocycles. The van der Waals surface area contributed by atoms with Crippen molar-refractivity contribution in [2.45, 2.75) is 13.0 Å². The smallest absolute Gasteiger partial charge is 0.234 e. The normalized spacial score (nSPS) is 15.6. The Labute approximate surface area is 176 Å². The zero-order valence-electron chi connectivity index (χ0n) is 16.5. The molecule has 0 radical (unpaired) electrons. The molecule has 2 N–H and O–H groups in total. The van der Waals surface area contributed by atoms with E-state index in [2.05, 4.69) is 38.3 Å². The number of rotatable bonds is 7. The summed E-state index contributed by atoms with van der Waals surface area (Å²) < 4.78 is 0. The molecule has 29 heavy (non-hydrogen) atoms. The largest absolute Gasteiger partial charge is 0.361 e. The maximum absolute atomic E-state index is 12.3. The molecule has 1 aliphatic rings. The van der Waals surface area contributed by atoms with Crippen molar-refractivity contribution in [3.05, 3.63) is 70.9 Å². The predicted octanol–water partition coefficient (Wildman–Crippen LogP) is 3.30. The van der Waals surface area contributed by atoms with Crippen LogP contribution in [0.3, 0.4) is 0 Å². The number of nitrogens with zero attached hydrogens (tertiary/aromatic N) is 2. The fourth-order valence-electron chi connectivity index (χ4n) is 3.93. The van der Waals surface area contributed by atoms with Crippen LogP contribution in [0, 0.1) is 0 Å². The Kier molecular flexibility index (Phi) is 6.49. The number of hydrogen-bond acceptors (Lipinski definition) is 3. The fourth-order valence-corrected chi connectivity index (χ4v) is 4.15. The van der Waals surface area contributed by atoms with E-state index >= 15 is 0 Å². The first-order valence-corrected chi connectivity index (χ1v) is 10.6. The minimum absolute atomic E-state index is 0.105. The molecule has 0 spiro atoms. The molecule has 0 saturated carbocycles. The van der Waals surface area contributed by atoms with Crippen LogP contribution in [0.1, 0.15) is 11.1 Å². The number of piperazine rings is 1. The van der Waals surface area contributed by atoms with Crippen molar-refractivity contribution in [2.24, 2.45) is 0 Å². The monoisotopic (exact) mass is 410 g/mol. The minimum Gasteiger partial charge on any atom is -0.361 e. The zero-order chi connectivity index (χ0) is 20.1. The van der Waals surface area contributed by atoms with Gasteiger partial charge >= 0.3 is 0 Å². The third-order valence-electron chi connectivity index (χ3n) is 5.52. The van der Waals surface area contributed by atoms with E-state index in [0.717, 1.165) is 49.7 Å². The fraction of sp³-hybridized carbons (Fsp3) is 0.348. The number of aromatic amines is 1. The first kappa shape index (κ1) is 20.0. The van der Waals surface area contributed by atoms with Gasteiger partial charge in [0.25, 0.3) is 0 Å². The highest BCUT2D eigenvalue weighted by molar-refractivity contribution is 6.30. The van der Waals surface area contributed by atoms with Crippen LogP contribution in [0.2, 0.25) is 5.02 Å². The van der Waals surface area contributed by atoms with Crippen LogP contribution in [0.25, 0.3) is 10.9 Å². The van der Waals surface area contributed by atoms with Gasteiger partial charge in [-0.25, -0.2) is 0 Å². The highest BCUT2D eigenvalue weighted by Crippen LogP contribution is 2.17. The lowest BCUT2D eigenvalue weighted by Gasteiger charge is -2.34. The number of carbonyl (C=O) groups excluding carboxylic acids is 1. The van der Waals surface area contributed by atoms with E-state index in [-0.39, 0.29) is 5.91 Å². The Morgan fingerprint density at radius 1 is 1.03 bits per heavy atom. The number of para-hydroxylation sites is 1. The number of hydrogen-bond donors (Lipinski definition) is 2. The van der Waals surface area contributed by atoms with Gasteiger partial charge in [0.1, 0.15) is 0 Å². The van der Waals surface area contributed by atoms with Gasteiger partial charge < -0.3 is 10.3 Å². The third-order valence-corrected chi connectivity index (χ3v) is 5.75. The summed E-state index contributed by atoms with van der Waals surface area (Å²) in [5.41, 5.74) is 3.63. The van der Waals surface area contributed by atoms with Gasteiger partial charge in [-0.2, -0.15) is 0 Å². The van der Waals surface area contributed by atoms with Crippen LogP contribution in [-0.4, -0.2) is 60.0 Å². The third kappa shape index (κ3) is 5.38. The van der Waals surface area contributed by atoms with Gasteiger partial charge in [-0.3, -0.25) is 14.6 Å². The Morgan fingerprint density at radius 2 is 1.83 bits per heavy atom. The lowest BCUT2D eigenvalue weighted by atomic mass is 10.1. The van der Waals surface area contributed by atoms with Crippen molar-refractivity contribution in [1.29, 1.82) is 0 Å². The Morgan fingerprint density at radius 3 is 2.66 bits per heavy atom. The maximum atomic E-state index is 12.3. The minimum atomic E-state index is 0.105. The molecule has 2 heterocycles. The van der Waals surface area contributed by atoms with Crippen LogP contribution < -0.4 is 5.32 Å². The van der Waals surface area contributed by atoms with Gasteiger partial charge in [-0.05, 0) is 35.7 Å². The molecule has 6 heteroatoms. The Balaban J connectivity index is 1.17. The van der Waals surface area contributed by atoms with Crippen molar-refractivity contribution in [1.82, 2.24) is 20.1 Å². The van der Waals surface area contributed by atoms with Crippen molar-refractivity contribution in [3.8, 4) is 0 Å². The van der Waals surface area contributed by atoms with Crippen molar-refractivity contribution >= 4 is 28.4 Å². The molecule has 0 bridgehead atoms. The SMILES string of the molecule is O=C(CN1CCN(Cc2cccc(Cl)c2)CC1)NCCc1c[nH]c2ccccc12. The second kappa shape index (κ2) is 9.44. The Bertz CT molecular complexity index is 962. The zero-order valence-corrected chi connectivity index (χ0v) is 17.3. The predicted molar refractivity (Wildman–Crippen MR) is 118 cm³/mol. The van der Waals surface area contributed by atoms with Gasteiger partial charge in [-0.1, -0.05) is 41.9 Å². The quantitative estimate of drug-likeness (QED) is 0.628. The first-order valence-electron chi connectivity index (χ1n) is 10.2. The standard InChI is InChI=1S/C23H27ClN4O/c24-20-5-3-4-18(14-20)16-27-10-12-28(13-11-27)17-23(29)25-9-8-19-15-26-22-7-2-1-6-21(19)22/h1-7,14-15,26H,8-13,16-17H2,(H,25,29). The molecule has 3 aromatic rings. The van der Waals surface area contributed by atoms with Crippen LogP contribution in [0.4, 0.5) is 0 Å². The second-order valence-electron chi connectivity index (χ2n) is 7.64. The number of halogens is 1. The number of H-pyrrole nitrogens is 1. The molecule has 1 aliphatic heterocycles. The van der Waals surface area contributed by atoms with E-state index in [9.17, 15) is 4.79 Å². The van der Waals surface area contributed by atoms with Crippen LogP contribution in [-0.2, 0) is 17.8 Å². The van der Waals surface area contributed by atoms with E-state index < -0.39 is 0 Å². The van der Waals surface area contributed by atoms with E-state index in [1.54, 1.807) is 0 Å². The van der Waals surface area contributed by atoms with Gasteiger partial charge in [0.15, 0.2) is 0 Å². The molecule has 0 unspecified atom stereocenters. The van der Waals surface area contributed by atoms with Gasteiger partial charge in [0, 0.05) is 61.4 Å². The summed E-state index contributed by atoms with van der Waals surface area (Å²) in [7, 11) is 0. The van der Waals surface area contributed by atoms with Gasteiger partial charge in [0.2, 0.25) is 5.91 Å². The van der Waals surface area contributed by atoms with Gasteiger partial charge in [0.05, 0.1) is 6.54 Å². The van der Waals surface area contributed by atoms with Crippen LogP contribution in [0.5, 0.6) is 0 Å². The van der Waals surface area contributed by atoms with Gasteiger partial charge in [-0.15, -0.1) is 0 Å². The van der Waals surface area contributed by atoms with Crippen molar-refractivity contribution in [2.75, 3.05) is 39.3 Å². The van der Waals surface area contributed by atoms with E-state index in [0.29, 0.717) is 13.1 Å². The van der Waals surface area contributed by atoms with Crippen molar-refractivity contribution < 1.29 is 4.79 Å². The summed E-state index contributed by atoms with van der Waals surface area (Å²) >= 11 is 6.07. The van der Waals surface area contributed by atoms with E-state index in [1.165, 1.54) is 16.5 Å². The molecule has 5 nitrogen and oxygen atoms in total. The maximum Gasteiger partial charge on any atom is 0.234 e. The number of benzene rings is 2. The number of nitrogens with one attached hydrogen (secondary N) is 2. The molecule has 1 fully saturated rings. The lowest BCUT2D eigenvalue weighted by molar-refractivity contribution is -0.122. The number of fused-ring (bicyclic) bond motifs is 1. The summed E-state index contributed by atoms with van der Waals surface area (Å²) in [4.78, 5) is 20.3. The highest BCUT2D eigenvalue weighted by atomic mass is 35.5. The number of amides is 1. The molecular formula is C23H27ClN4O. The topological polar surface area (TPSA) is 51.4 Å². The molecule has 0 atom stereocenters. The average Bonchev–Trinajstić information content (AvgIpc) is 3.13. The van der Waals surface area contributed by atoms with Crippen LogP contribution in [0.15, 0.2) is 54.7 Å². The molecular weight excluding hydrogens is 384 g/mol. The summed E-state index contributed by atoms with van der Waals surface area (Å²) in [6, 6.07) is 16.3. The van der Waals surface area contributed by atoms with E-state index in [1.807, 2.05) is 36.5 Å². The second-order valence-corrected chi connectivity index (χ2v) is 8.08. The lowest BCUT2D eigenvalue weighted by Crippen LogP contribution is -2.49. The van der Waals surface area contributed by atoms with Crippen LogP contribution >= 0.6 is 11.6 Å². The molecule has 4 rings (SSSR count). The summed E-state index contributed by atoms with van der Waals surface area (Å²) in [5, 5.41) is 5.08. The highest BCUT2D eigenvalue weighted by Gasteiger charge is 2.19. The number of aromatic nitrogens is 1.